The number of rotatable bonds is 7. The van der Waals surface area contributed by atoms with Crippen LogP contribution in [0.15, 0.2) is 66.1 Å². The summed E-state index contributed by atoms with van der Waals surface area (Å²) in [6, 6.07) is 12.5. The summed E-state index contributed by atoms with van der Waals surface area (Å²) in [5, 5.41) is 0.283. The van der Waals surface area contributed by atoms with Crippen LogP contribution in [0.4, 0.5) is 5.69 Å². The van der Waals surface area contributed by atoms with Crippen LogP contribution in [0.25, 0.3) is 5.82 Å². The molecule has 0 aliphatic heterocycles. The molecule has 0 aliphatic rings. The van der Waals surface area contributed by atoms with Crippen LogP contribution in [0.2, 0.25) is 5.02 Å². The van der Waals surface area contributed by atoms with Gasteiger partial charge in [0.25, 0.3) is 10.0 Å². The van der Waals surface area contributed by atoms with E-state index < -0.39 is 10.0 Å². The number of nitrogens with one attached hydrogen (secondary N) is 1. The third-order valence-corrected chi connectivity index (χ3v) is 6.51. The standard InChI is InChI=1S/C22H20ClN5O4S/c1-14-15(2)28(13-26-14)21-11-22(25-12-24-21)32-18-7-5-17(6-8-18)27-33(29,30)20-10-16(23)4-9-19(20)31-3/h4-13,27H,1-3H3. The summed E-state index contributed by atoms with van der Waals surface area (Å²) >= 11 is 5.96. The second kappa shape index (κ2) is 9.08. The Balaban J connectivity index is 1.51. The van der Waals surface area contributed by atoms with E-state index >= 15 is 0 Å². The van der Waals surface area contributed by atoms with Crippen LogP contribution in [0, 0.1) is 13.8 Å². The van der Waals surface area contributed by atoms with Crippen LogP contribution in [-0.4, -0.2) is 35.0 Å². The lowest BCUT2D eigenvalue weighted by atomic mass is 10.3. The summed E-state index contributed by atoms with van der Waals surface area (Å²) in [4.78, 5) is 12.6. The maximum absolute atomic E-state index is 12.8. The average molecular weight is 486 g/mol. The van der Waals surface area contributed by atoms with Gasteiger partial charge in [-0.1, -0.05) is 11.6 Å². The van der Waals surface area contributed by atoms with Gasteiger partial charge >= 0.3 is 0 Å². The molecule has 2 heterocycles. The molecule has 9 nitrogen and oxygen atoms in total. The van der Waals surface area contributed by atoms with Crippen molar-refractivity contribution >= 4 is 27.3 Å². The largest absolute Gasteiger partial charge is 0.495 e. The highest BCUT2D eigenvalue weighted by atomic mass is 35.5. The van der Waals surface area contributed by atoms with Crippen LogP contribution < -0.4 is 14.2 Å². The van der Waals surface area contributed by atoms with Crippen molar-refractivity contribution in [3.05, 3.63) is 77.6 Å². The first-order valence-electron chi connectivity index (χ1n) is 9.74. The molecule has 0 atom stereocenters. The molecule has 11 heteroatoms. The minimum atomic E-state index is -3.92. The third kappa shape index (κ3) is 4.91. The summed E-state index contributed by atoms with van der Waals surface area (Å²) in [6.07, 6.45) is 3.09. The third-order valence-electron chi connectivity index (χ3n) is 4.87. The van der Waals surface area contributed by atoms with E-state index in [1.807, 2.05) is 18.4 Å². The predicted octanol–water partition coefficient (Wildman–Crippen LogP) is 4.53. The van der Waals surface area contributed by atoms with Crippen molar-refractivity contribution in [3.8, 4) is 23.2 Å². The number of benzene rings is 2. The fourth-order valence-electron chi connectivity index (χ4n) is 3.03. The van der Waals surface area contributed by atoms with Gasteiger partial charge in [0.15, 0.2) is 0 Å². The van der Waals surface area contributed by atoms with Crippen molar-refractivity contribution in [2.24, 2.45) is 0 Å². The average Bonchev–Trinajstić information content (AvgIpc) is 3.13. The topological polar surface area (TPSA) is 108 Å². The lowest BCUT2D eigenvalue weighted by molar-refractivity contribution is 0.403. The zero-order valence-electron chi connectivity index (χ0n) is 18.0. The second-order valence-electron chi connectivity index (χ2n) is 7.03. The van der Waals surface area contributed by atoms with Gasteiger partial charge in [0.2, 0.25) is 5.88 Å². The van der Waals surface area contributed by atoms with E-state index in [0.29, 0.717) is 23.1 Å². The van der Waals surface area contributed by atoms with E-state index in [0.717, 1.165) is 11.4 Å². The quantitative estimate of drug-likeness (QED) is 0.409. The number of hydrogen-bond acceptors (Lipinski definition) is 7. The molecule has 0 radical (unpaired) electrons. The fraction of sp³-hybridized carbons (Fsp3) is 0.136. The summed E-state index contributed by atoms with van der Waals surface area (Å²) in [5.74, 6) is 1.62. The summed E-state index contributed by atoms with van der Waals surface area (Å²) < 4.78 is 40.9. The Morgan fingerprint density at radius 3 is 2.42 bits per heavy atom. The minimum Gasteiger partial charge on any atom is -0.495 e. The van der Waals surface area contributed by atoms with Crippen molar-refractivity contribution < 1.29 is 17.9 Å². The maximum atomic E-state index is 12.8. The van der Waals surface area contributed by atoms with E-state index in [2.05, 4.69) is 19.7 Å². The zero-order valence-corrected chi connectivity index (χ0v) is 19.6. The number of hydrogen-bond donors (Lipinski definition) is 1. The molecule has 0 saturated heterocycles. The summed E-state index contributed by atoms with van der Waals surface area (Å²) in [6.45, 7) is 3.87. The smallest absolute Gasteiger partial charge is 0.265 e. The van der Waals surface area contributed by atoms with Crippen LogP contribution in [0.1, 0.15) is 11.4 Å². The number of anilines is 1. The SMILES string of the molecule is COc1ccc(Cl)cc1S(=O)(=O)Nc1ccc(Oc2cc(-n3cnc(C)c3C)ncn2)cc1. The van der Waals surface area contributed by atoms with E-state index in [4.69, 9.17) is 21.1 Å². The first-order chi connectivity index (χ1) is 15.8. The molecule has 2 aromatic carbocycles. The highest BCUT2D eigenvalue weighted by Crippen LogP contribution is 2.29. The molecule has 33 heavy (non-hydrogen) atoms. The molecule has 0 amide bonds. The first-order valence-corrected chi connectivity index (χ1v) is 11.6. The Labute approximate surface area is 196 Å². The van der Waals surface area contributed by atoms with Crippen LogP contribution in [-0.2, 0) is 10.0 Å². The van der Waals surface area contributed by atoms with Crippen LogP contribution in [0.3, 0.4) is 0 Å². The van der Waals surface area contributed by atoms with E-state index in [9.17, 15) is 8.42 Å². The first kappa shape index (κ1) is 22.6. The van der Waals surface area contributed by atoms with Gasteiger partial charge < -0.3 is 9.47 Å². The van der Waals surface area contributed by atoms with Crippen LogP contribution >= 0.6 is 11.6 Å². The predicted molar refractivity (Wildman–Crippen MR) is 124 cm³/mol. The molecule has 4 aromatic rings. The van der Waals surface area contributed by atoms with Crippen molar-refractivity contribution in [2.75, 3.05) is 11.8 Å². The number of nitrogens with zero attached hydrogens (tertiary/aromatic N) is 4. The Kier molecular flexibility index (Phi) is 6.21. The number of aryl methyl sites for hydroxylation is 1. The Hall–Kier alpha value is -3.63. The second-order valence-corrected chi connectivity index (χ2v) is 9.11. The van der Waals surface area contributed by atoms with Crippen LogP contribution in [0.5, 0.6) is 17.4 Å². The molecule has 1 N–H and O–H groups in total. The van der Waals surface area contributed by atoms with Crippen molar-refractivity contribution in [2.45, 2.75) is 18.7 Å². The Bertz CT molecular complexity index is 1400. The van der Waals surface area contributed by atoms with Gasteiger partial charge in [0.05, 0.1) is 12.8 Å². The van der Waals surface area contributed by atoms with Gasteiger partial charge in [-0.25, -0.2) is 23.4 Å². The molecule has 0 bridgehead atoms. The maximum Gasteiger partial charge on any atom is 0.265 e. The molecular weight excluding hydrogens is 466 g/mol. The highest BCUT2D eigenvalue weighted by molar-refractivity contribution is 7.92. The molecule has 4 rings (SSSR count). The zero-order chi connectivity index (χ0) is 23.6. The number of imidazole rings is 1. The van der Waals surface area contributed by atoms with Gasteiger partial charge in [0, 0.05) is 22.5 Å². The van der Waals surface area contributed by atoms with Gasteiger partial charge in [-0.15, -0.1) is 0 Å². The monoisotopic (exact) mass is 485 g/mol. The molecule has 0 unspecified atom stereocenters. The normalized spacial score (nSPS) is 11.3. The number of ether oxygens (including phenoxy) is 2. The molecule has 0 fully saturated rings. The molecule has 0 saturated carbocycles. The number of halogens is 1. The van der Waals surface area contributed by atoms with E-state index in [1.165, 1.54) is 25.6 Å². The summed E-state index contributed by atoms with van der Waals surface area (Å²) in [7, 11) is -2.53. The number of sulfonamides is 1. The molecule has 0 spiro atoms. The highest BCUT2D eigenvalue weighted by Gasteiger charge is 2.20. The lowest BCUT2D eigenvalue weighted by Crippen LogP contribution is -2.14. The molecule has 170 valence electrons. The molecule has 0 aliphatic carbocycles. The van der Waals surface area contributed by atoms with E-state index in [-0.39, 0.29) is 15.7 Å². The minimum absolute atomic E-state index is 0.0589. The number of aromatic nitrogens is 4. The van der Waals surface area contributed by atoms with Crippen molar-refractivity contribution in [1.29, 1.82) is 0 Å². The lowest BCUT2D eigenvalue weighted by Gasteiger charge is -2.12. The van der Waals surface area contributed by atoms with Crippen molar-refractivity contribution in [3.63, 3.8) is 0 Å². The van der Waals surface area contributed by atoms with E-state index in [1.54, 1.807) is 42.7 Å². The van der Waals surface area contributed by atoms with Crippen molar-refractivity contribution in [1.82, 2.24) is 19.5 Å². The van der Waals surface area contributed by atoms with Gasteiger partial charge in [-0.2, -0.15) is 0 Å². The summed E-state index contributed by atoms with van der Waals surface area (Å²) in [5.41, 5.74) is 2.22. The molecular formula is C22H20ClN5O4S. The number of methoxy groups -OCH3 is 1. The molecule has 2 aromatic heterocycles. The fourth-order valence-corrected chi connectivity index (χ4v) is 4.52. The Morgan fingerprint density at radius 1 is 1.00 bits per heavy atom. The Morgan fingerprint density at radius 2 is 1.76 bits per heavy atom. The van der Waals surface area contributed by atoms with Gasteiger partial charge in [0.1, 0.15) is 34.9 Å². The van der Waals surface area contributed by atoms with Gasteiger partial charge in [-0.3, -0.25) is 9.29 Å². The van der Waals surface area contributed by atoms with Gasteiger partial charge in [-0.05, 0) is 56.3 Å².